The monoisotopic (exact) mass is 671 g/mol. The summed E-state index contributed by atoms with van der Waals surface area (Å²) >= 11 is 0. The van der Waals surface area contributed by atoms with E-state index in [4.69, 9.17) is 0 Å². The molecule has 5 rings (SSSR count). The van der Waals surface area contributed by atoms with E-state index in [1.807, 2.05) is 68.1 Å². The van der Waals surface area contributed by atoms with E-state index in [-0.39, 0.29) is 16.6 Å². The number of carbonyl (C=O) groups is 2. The summed E-state index contributed by atoms with van der Waals surface area (Å²) in [4.78, 5) is 34.8. The van der Waals surface area contributed by atoms with Crippen molar-refractivity contribution in [2.24, 2.45) is 0 Å². The van der Waals surface area contributed by atoms with Crippen molar-refractivity contribution in [3.05, 3.63) is 89.5 Å². The first-order chi connectivity index (χ1) is 22.9. The molecule has 0 bridgehead atoms. The van der Waals surface area contributed by atoms with E-state index in [0.29, 0.717) is 36.8 Å². The minimum absolute atomic E-state index is 0.113. The molecule has 0 atom stereocenters. The number of rotatable bonds is 11. The Morgan fingerprint density at radius 1 is 0.833 bits per heavy atom. The van der Waals surface area contributed by atoms with Crippen LogP contribution in [0.25, 0.3) is 10.8 Å². The zero-order valence-corrected chi connectivity index (χ0v) is 29.7. The van der Waals surface area contributed by atoms with Crippen LogP contribution in [0.3, 0.4) is 0 Å². The molecule has 9 nitrogen and oxygen atoms in total. The van der Waals surface area contributed by atoms with Crippen LogP contribution in [-0.4, -0.2) is 99.8 Å². The van der Waals surface area contributed by atoms with E-state index in [9.17, 15) is 18.0 Å². The number of allylic oxidation sites excluding steroid dienone is 3. The molecule has 2 aliphatic heterocycles. The Labute approximate surface area is 285 Å². The van der Waals surface area contributed by atoms with E-state index >= 15 is 0 Å². The van der Waals surface area contributed by atoms with Gasteiger partial charge >= 0.3 is 0 Å². The van der Waals surface area contributed by atoms with Crippen molar-refractivity contribution in [2.75, 3.05) is 68.5 Å². The van der Waals surface area contributed by atoms with Crippen LogP contribution in [0, 0.1) is 0 Å². The first-order valence-corrected chi connectivity index (χ1v) is 18.4. The molecule has 3 aromatic carbocycles. The Balaban J connectivity index is 1.32. The molecule has 10 heteroatoms. The number of nitrogens with one attached hydrogen (secondary N) is 1. The van der Waals surface area contributed by atoms with Gasteiger partial charge in [-0.25, -0.2) is 8.42 Å². The third-order valence-electron chi connectivity index (χ3n) is 9.16. The second-order valence-electron chi connectivity index (χ2n) is 13.5. The van der Waals surface area contributed by atoms with Gasteiger partial charge in [0.05, 0.1) is 16.3 Å². The van der Waals surface area contributed by atoms with Crippen molar-refractivity contribution in [1.29, 1.82) is 0 Å². The van der Waals surface area contributed by atoms with E-state index < -0.39 is 10.0 Å². The standard InChI is InChI=1S/C38H49N5O4S/c1-28(2)24-34(44)25-30(5)14-15-40-16-18-43(19-17-40)38(45)33-11-13-37(42-22-20-41(21-23-42)29(3)4)36(27-33)39-48(46,47)35-12-10-31-8-6-7-9-32(31)26-35/h6-14,24,26-27,29,39H,15-23,25H2,1-5H3/b30-14-. The molecular formula is C38H49N5O4S. The number of piperazine rings is 2. The van der Waals surface area contributed by atoms with Crippen molar-refractivity contribution in [3.8, 4) is 0 Å². The van der Waals surface area contributed by atoms with E-state index in [1.165, 1.54) is 0 Å². The SMILES string of the molecule is CC(C)=CC(=O)C/C(C)=C\CN1CCN(C(=O)c2ccc(N3CCN(C(C)C)CC3)c(NS(=O)(=O)c3ccc4ccccc4c3)c2)CC1. The van der Waals surface area contributed by atoms with Crippen LogP contribution in [-0.2, 0) is 14.8 Å². The number of ketones is 1. The summed E-state index contributed by atoms with van der Waals surface area (Å²) < 4.78 is 30.4. The smallest absolute Gasteiger partial charge is 0.261 e. The summed E-state index contributed by atoms with van der Waals surface area (Å²) in [7, 11) is -3.94. The van der Waals surface area contributed by atoms with Gasteiger partial charge in [-0.3, -0.25) is 24.1 Å². The van der Waals surface area contributed by atoms with E-state index in [0.717, 1.165) is 73.4 Å². The quantitative estimate of drug-likeness (QED) is 0.204. The molecule has 2 heterocycles. The zero-order valence-electron chi connectivity index (χ0n) is 28.9. The number of benzene rings is 3. The predicted octanol–water partition coefficient (Wildman–Crippen LogP) is 5.80. The van der Waals surface area contributed by atoms with Crippen LogP contribution in [0.2, 0.25) is 0 Å². The molecule has 0 saturated carbocycles. The molecule has 1 amide bonds. The van der Waals surface area contributed by atoms with Gasteiger partial charge in [0.1, 0.15) is 0 Å². The number of hydrogen-bond acceptors (Lipinski definition) is 7. The fourth-order valence-electron chi connectivity index (χ4n) is 6.37. The third kappa shape index (κ3) is 8.92. The van der Waals surface area contributed by atoms with Gasteiger partial charge in [0.25, 0.3) is 15.9 Å². The van der Waals surface area contributed by atoms with Crippen molar-refractivity contribution < 1.29 is 18.0 Å². The van der Waals surface area contributed by atoms with Crippen LogP contribution >= 0.6 is 0 Å². The maximum atomic E-state index is 13.8. The number of fused-ring (bicyclic) bond motifs is 1. The number of hydrogen-bond donors (Lipinski definition) is 1. The highest BCUT2D eigenvalue weighted by Gasteiger charge is 2.27. The van der Waals surface area contributed by atoms with Gasteiger partial charge in [-0.15, -0.1) is 0 Å². The fraction of sp³-hybridized carbons (Fsp3) is 0.421. The molecule has 2 fully saturated rings. The van der Waals surface area contributed by atoms with Gasteiger partial charge in [-0.2, -0.15) is 0 Å². The first kappa shape index (κ1) is 35.3. The Bertz CT molecular complexity index is 1800. The average molecular weight is 672 g/mol. The normalized spacial score (nSPS) is 16.8. The zero-order chi connectivity index (χ0) is 34.4. The summed E-state index contributed by atoms with van der Waals surface area (Å²) in [6, 6.07) is 18.6. The molecule has 256 valence electrons. The highest BCUT2D eigenvalue weighted by Crippen LogP contribution is 2.32. The molecule has 2 saturated heterocycles. The van der Waals surface area contributed by atoms with Crippen molar-refractivity contribution in [2.45, 2.75) is 52.0 Å². The van der Waals surface area contributed by atoms with Crippen molar-refractivity contribution >= 4 is 43.9 Å². The molecule has 0 radical (unpaired) electrons. The number of carbonyl (C=O) groups excluding carboxylic acids is 2. The topological polar surface area (TPSA) is 93.3 Å². The molecule has 48 heavy (non-hydrogen) atoms. The highest BCUT2D eigenvalue weighted by atomic mass is 32.2. The number of nitrogens with zero attached hydrogens (tertiary/aromatic N) is 4. The molecule has 0 aliphatic carbocycles. The Morgan fingerprint density at radius 3 is 2.19 bits per heavy atom. The van der Waals surface area contributed by atoms with Crippen LogP contribution in [0.5, 0.6) is 0 Å². The summed E-state index contributed by atoms with van der Waals surface area (Å²) in [6.07, 6.45) is 4.20. The lowest BCUT2D eigenvalue weighted by atomic mass is 10.1. The molecule has 1 N–H and O–H groups in total. The summed E-state index contributed by atoms with van der Waals surface area (Å²) in [6.45, 7) is 16.8. The molecule has 0 aromatic heterocycles. The molecule has 2 aliphatic rings. The number of anilines is 2. The first-order valence-electron chi connectivity index (χ1n) is 16.9. The Morgan fingerprint density at radius 2 is 1.52 bits per heavy atom. The lowest BCUT2D eigenvalue weighted by Gasteiger charge is -2.39. The van der Waals surface area contributed by atoms with E-state index in [1.54, 1.807) is 24.3 Å². The summed E-state index contributed by atoms with van der Waals surface area (Å²) in [5, 5.41) is 1.81. The largest absolute Gasteiger partial charge is 0.367 e. The van der Waals surface area contributed by atoms with Crippen molar-refractivity contribution in [1.82, 2.24) is 14.7 Å². The van der Waals surface area contributed by atoms with Crippen LogP contribution < -0.4 is 9.62 Å². The molecular weight excluding hydrogens is 623 g/mol. The van der Waals surface area contributed by atoms with Gasteiger partial charge in [-0.1, -0.05) is 47.6 Å². The van der Waals surface area contributed by atoms with Crippen LogP contribution in [0.15, 0.2) is 88.9 Å². The summed E-state index contributed by atoms with van der Waals surface area (Å²) in [5.41, 5.74) is 3.68. The highest BCUT2D eigenvalue weighted by molar-refractivity contribution is 7.92. The fourth-order valence-corrected chi connectivity index (χ4v) is 7.47. The minimum atomic E-state index is -3.94. The maximum Gasteiger partial charge on any atom is 0.261 e. The Hall–Kier alpha value is -3.99. The molecule has 0 unspecified atom stereocenters. The van der Waals surface area contributed by atoms with E-state index in [2.05, 4.69) is 39.3 Å². The number of amides is 1. The second kappa shape index (κ2) is 15.5. The second-order valence-corrected chi connectivity index (χ2v) is 15.2. The average Bonchev–Trinajstić information content (AvgIpc) is 3.06. The van der Waals surface area contributed by atoms with Gasteiger partial charge in [-0.05, 0) is 81.8 Å². The van der Waals surface area contributed by atoms with Gasteiger partial charge in [0.15, 0.2) is 5.78 Å². The van der Waals surface area contributed by atoms with Crippen molar-refractivity contribution in [3.63, 3.8) is 0 Å². The summed E-state index contributed by atoms with van der Waals surface area (Å²) in [5.74, 6) is -0.00190. The molecule has 0 spiro atoms. The van der Waals surface area contributed by atoms with Gasteiger partial charge < -0.3 is 9.80 Å². The Kier molecular flexibility index (Phi) is 11.4. The number of sulfonamides is 1. The van der Waals surface area contributed by atoms with Crippen LogP contribution in [0.4, 0.5) is 11.4 Å². The van der Waals surface area contributed by atoms with Gasteiger partial charge in [0.2, 0.25) is 0 Å². The van der Waals surface area contributed by atoms with Crippen LogP contribution in [0.1, 0.15) is 51.4 Å². The minimum Gasteiger partial charge on any atom is -0.367 e. The molecule has 3 aromatic rings. The third-order valence-corrected chi connectivity index (χ3v) is 10.5. The maximum absolute atomic E-state index is 13.8. The lowest BCUT2D eigenvalue weighted by molar-refractivity contribution is -0.114. The lowest BCUT2D eigenvalue weighted by Crippen LogP contribution is -2.49. The van der Waals surface area contributed by atoms with Gasteiger partial charge in [0, 0.05) is 76.9 Å². The predicted molar refractivity (Wildman–Crippen MR) is 195 cm³/mol.